The number of hydrogen-bond donors (Lipinski definition) is 1. The molecule has 3 nitrogen and oxygen atoms in total. The van der Waals surface area contributed by atoms with Gasteiger partial charge in [-0.05, 0) is 30.2 Å². The van der Waals surface area contributed by atoms with Crippen LogP contribution in [0, 0.1) is 11.3 Å². The maximum absolute atomic E-state index is 9.24. The quantitative estimate of drug-likeness (QED) is 0.916. The van der Waals surface area contributed by atoms with Crippen molar-refractivity contribution in [1.82, 2.24) is 0 Å². The Labute approximate surface area is 120 Å². The number of hydrogen-bond acceptors (Lipinski definition) is 3. The fourth-order valence-corrected chi connectivity index (χ4v) is 2.32. The van der Waals surface area contributed by atoms with Crippen molar-refractivity contribution in [3.05, 3.63) is 59.7 Å². The molecule has 3 heteroatoms. The molecule has 0 heterocycles. The molecular weight excluding hydrogens is 246 g/mol. The molecule has 2 aromatic carbocycles. The van der Waals surface area contributed by atoms with Crippen LogP contribution in [0.25, 0.3) is 0 Å². The molecule has 0 spiro atoms. The van der Waals surface area contributed by atoms with E-state index in [-0.39, 0.29) is 6.04 Å². The van der Waals surface area contributed by atoms with Crippen LogP contribution in [0.4, 0.5) is 11.4 Å². The minimum atomic E-state index is 0.00268. The van der Waals surface area contributed by atoms with E-state index in [1.54, 1.807) is 0 Å². The Morgan fingerprint density at radius 3 is 2.35 bits per heavy atom. The Hall–Kier alpha value is -2.31. The molecule has 2 rings (SSSR count). The van der Waals surface area contributed by atoms with Crippen LogP contribution in [0.2, 0.25) is 0 Å². The number of anilines is 2. The highest BCUT2D eigenvalue weighted by molar-refractivity contribution is 5.71. The van der Waals surface area contributed by atoms with Gasteiger partial charge in [-0.15, -0.1) is 0 Å². The predicted octanol–water partition coefficient (Wildman–Crippen LogP) is 3.74. The maximum atomic E-state index is 9.24. The Balaban J connectivity index is 2.49. The lowest BCUT2D eigenvalue weighted by Crippen LogP contribution is -2.17. The predicted molar refractivity (Wildman–Crippen MR) is 82.9 cm³/mol. The third-order valence-corrected chi connectivity index (χ3v) is 3.52. The summed E-state index contributed by atoms with van der Waals surface area (Å²) in [5.74, 6) is 0. The van der Waals surface area contributed by atoms with Crippen LogP contribution in [0.1, 0.15) is 30.5 Å². The highest BCUT2D eigenvalue weighted by Gasteiger charge is 2.15. The van der Waals surface area contributed by atoms with Crippen molar-refractivity contribution >= 4 is 11.4 Å². The Morgan fingerprint density at radius 2 is 1.70 bits per heavy atom. The molecule has 102 valence electrons. The number of para-hydroxylation sites is 2. The minimum absolute atomic E-state index is 0.00268. The first-order valence-electron chi connectivity index (χ1n) is 6.76. The molecule has 1 atom stereocenters. The van der Waals surface area contributed by atoms with Crippen molar-refractivity contribution in [1.29, 1.82) is 5.26 Å². The van der Waals surface area contributed by atoms with E-state index in [0.29, 0.717) is 5.56 Å². The normalized spacial score (nSPS) is 11.7. The van der Waals surface area contributed by atoms with E-state index in [1.807, 2.05) is 54.4 Å². The lowest BCUT2D eigenvalue weighted by Gasteiger charge is -2.25. The molecular formula is C17H19N3. The zero-order valence-corrected chi connectivity index (χ0v) is 11.9. The number of rotatable bonds is 4. The monoisotopic (exact) mass is 265 g/mol. The minimum Gasteiger partial charge on any atom is -0.343 e. The summed E-state index contributed by atoms with van der Waals surface area (Å²) < 4.78 is 0. The van der Waals surface area contributed by atoms with Crippen LogP contribution in [-0.4, -0.2) is 7.05 Å². The van der Waals surface area contributed by atoms with Gasteiger partial charge in [0.1, 0.15) is 6.07 Å². The second-order valence-electron chi connectivity index (χ2n) is 4.76. The van der Waals surface area contributed by atoms with Gasteiger partial charge in [0.05, 0.1) is 11.3 Å². The van der Waals surface area contributed by atoms with Crippen molar-refractivity contribution in [2.45, 2.75) is 19.4 Å². The van der Waals surface area contributed by atoms with Gasteiger partial charge in [-0.25, -0.2) is 0 Å². The fraction of sp³-hybridized carbons (Fsp3) is 0.235. The lowest BCUT2D eigenvalue weighted by atomic mass is 10.0. The zero-order chi connectivity index (χ0) is 14.5. The molecule has 2 aromatic rings. The molecule has 2 N–H and O–H groups in total. The molecule has 0 saturated heterocycles. The largest absolute Gasteiger partial charge is 0.343 e. The van der Waals surface area contributed by atoms with E-state index in [1.165, 1.54) is 0 Å². The molecule has 0 saturated carbocycles. The molecule has 0 aliphatic carbocycles. The van der Waals surface area contributed by atoms with Gasteiger partial charge < -0.3 is 10.6 Å². The molecule has 1 unspecified atom stereocenters. The van der Waals surface area contributed by atoms with Gasteiger partial charge in [0.2, 0.25) is 0 Å². The Bertz CT molecular complexity index is 628. The first-order chi connectivity index (χ1) is 9.69. The van der Waals surface area contributed by atoms with E-state index < -0.39 is 0 Å². The van der Waals surface area contributed by atoms with E-state index in [9.17, 15) is 5.26 Å². The van der Waals surface area contributed by atoms with E-state index in [2.05, 4.69) is 19.1 Å². The molecule has 0 aliphatic rings. The molecule has 0 fully saturated rings. The van der Waals surface area contributed by atoms with Crippen LogP contribution >= 0.6 is 0 Å². The smallest absolute Gasteiger partial charge is 0.101 e. The van der Waals surface area contributed by atoms with Crippen LogP contribution in [-0.2, 0) is 0 Å². The van der Waals surface area contributed by atoms with Crippen molar-refractivity contribution in [3.8, 4) is 6.07 Å². The lowest BCUT2D eigenvalue weighted by molar-refractivity contribution is 0.698. The number of benzene rings is 2. The molecule has 0 radical (unpaired) electrons. The van der Waals surface area contributed by atoms with Gasteiger partial charge in [0, 0.05) is 18.8 Å². The van der Waals surface area contributed by atoms with Gasteiger partial charge >= 0.3 is 0 Å². The molecule has 20 heavy (non-hydrogen) atoms. The van der Waals surface area contributed by atoms with E-state index >= 15 is 0 Å². The van der Waals surface area contributed by atoms with Crippen molar-refractivity contribution < 1.29 is 0 Å². The van der Waals surface area contributed by atoms with Gasteiger partial charge in [0.15, 0.2) is 0 Å². The van der Waals surface area contributed by atoms with Gasteiger partial charge in [-0.3, -0.25) is 0 Å². The summed E-state index contributed by atoms with van der Waals surface area (Å²) in [5.41, 5.74) is 9.89. The van der Waals surface area contributed by atoms with Gasteiger partial charge in [0.25, 0.3) is 0 Å². The SMILES string of the molecule is CCC(N)c1ccccc1N(C)c1ccccc1C#N. The van der Waals surface area contributed by atoms with Crippen molar-refractivity contribution in [3.63, 3.8) is 0 Å². The summed E-state index contributed by atoms with van der Waals surface area (Å²) >= 11 is 0. The average molecular weight is 265 g/mol. The van der Waals surface area contributed by atoms with Crippen LogP contribution in [0.5, 0.6) is 0 Å². The molecule has 0 aromatic heterocycles. The third kappa shape index (κ3) is 2.66. The summed E-state index contributed by atoms with van der Waals surface area (Å²) in [6.45, 7) is 2.07. The Morgan fingerprint density at radius 1 is 1.10 bits per heavy atom. The zero-order valence-electron chi connectivity index (χ0n) is 11.9. The Kier molecular flexibility index (Phi) is 4.39. The molecule has 0 aliphatic heterocycles. The standard InChI is InChI=1S/C17H19N3/c1-3-15(19)14-9-5-7-11-17(14)20(2)16-10-6-4-8-13(16)12-18/h4-11,15H,3,19H2,1-2H3. The van der Waals surface area contributed by atoms with Crippen molar-refractivity contribution in [2.75, 3.05) is 11.9 Å². The summed E-state index contributed by atoms with van der Waals surface area (Å²) in [7, 11) is 1.97. The summed E-state index contributed by atoms with van der Waals surface area (Å²) in [6.07, 6.45) is 0.880. The summed E-state index contributed by atoms with van der Waals surface area (Å²) in [6, 6.07) is 17.9. The third-order valence-electron chi connectivity index (χ3n) is 3.52. The van der Waals surface area contributed by atoms with E-state index in [4.69, 9.17) is 5.73 Å². The highest BCUT2D eigenvalue weighted by atomic mass is 15.1. The van der Waals surface area contributed by atoms with Crippen LogP contribution in [0.3, 0.4) is 0 Å². The molecule has 0 bridgehead atoms. The molecule has 0 amide bonds. The van der Waals surface area contributed by atoms with Gasteiger partial charge in [-0.1, -0.05) is 37.3 Å². The first kappa shape index (κ1) is 14.1. The average Bonchev–Trinajstić information content (AvgIpc) is 2.53. The second-order valence-corrected chi connectivity index (χ2v) is 4.76. The second kappa shape index (κ2) is 6.23. The summed E-state index contributed by atoms with van der Waals surface area (Å²) in [4.78, 5) is 2.03. The van der Waals surface area contributed by atoms with Crippen LogP contribution in [0.15, 0.2) is 48.5 Å². The first-order valence-corrected chi connectivity index (χ1v) is 6.76. The van der Waals surface area contributed by atoms with Gasteiger partial charge in [-0.2, -0.15) is 5.26 Å². The fourth-order valence-electron chi connectivity index (χ4n) is 2.32. The van der Waals surface area contributed by atoms with Crippen molar-refractivity contribution in [2.24, 2.45) is 5.73 Å². The number of nitrogens with two attached hydrogens (primary N) is 1. The van der Waals surface area contributed by atoms with E-state index in [0.717, 1.165) is 23.4 Å². The highest BCUT2D eigenvalue weighted by Crippen LogP contribution is 2.32. The summed E-state index contributed by atoms with van der Waals surface area (Å²) in [5, 5.41) is 9.24. The number of nitriles is 1. The number of nitrogens with zero attached hydrogens (tertiary/aromatic N) is 2. The topological polar surface area (TPSA) is 53.0 Å². The van der Waals surface area contributed by atoms with Crippen LogP contribution < -0.4 is 10.6 Å². The maximum Gasteiger partial charge on any atom is 0.101 e.